The zero-order chi connectivity index (χ0) is 9.52. The summed E-state index contributed by atoms with van der Waals surface area (Å²) in [6, 6.07) is 0. The van der Waals surface area contributed by atoms with Crippen LogP contribution >= 0.6 is 0 Å². The number of hydrogen-bond acceptors (Lipinski definition) is 2. The number of nitrogens with zero attached hydrogens (tertiary/aromatic N) is 1. The van der Waals surface area contributed by atoms with Gasteiger partial charge in [-0.25, -0.2) is 0 Å². The van der Waals surface area contributed by atoms with Gasteiger partial charge in [0.1, 0.15) is 0 Å². The SMILES string of the molecule is CNCC(C)CN1CCCCCC1. The molecule has 1 N–H and O–H groups in total. The highest BCUT2D eigenvalue weighted by Crippen LogP contribution is 2.10. The molecule has 0 bridgehead atoms. The van der Waals surface area contributed by atoms with Gasteiger partial charge in [0.25, 0.3) is 0 Å². The Labute approximate surface area is 82.7 Å². The van der Waals surface area contributed by atoms with Crippen LogP contribution in [0.4, 0.5) is 0 Å². The Morgan fingerprint density at radius 1 is 1.15 bits per heavy atom. The van der Waals surface area contributed by atoms with E-state index in [0.717, 1.165) is 12.5 Å². The first-order valence-electron chi connectivity index (χ1n) is 5.70. The van der Waals surface area contributed by atoms with Gasteiger partial charge in [-0.15, -0.1) is 0 Å². The Bertz CT molecular complexity index is 117. The molecule has 0 aromatic rings. The normalized spacial score (nSPS) is 22.6. The van der Waals surface area contributed by atoms with Crippen molar-refractivity contribution in [2.75, 3.05) is 33.2 Å². The van der Waals surface area contributed by atoms with Gasteiger partial charge in [-0.3, -0.25) is 0 Å². The standard InChI is InChI=1S/C11H24N2/c1-11(9-12-2)10-13-7-5-3-4-6-8-13/h11-12H,3-10H2,1-2H3. The van der Waals surface area contributed by atoms with Crippen molar-refractivity contribution in [3.63, 3.8) is 0 Å². The van der Waals surface area contributed by atoms with Crippen molar-refractivity contribution in [2.24, 2.45) is 5.92 Å². The van der Waals surface area contributed by atoms with Crippen LogP contribution in [-0.4, -0.2) is 38.1 Å². The summed E-state index contributed by atoms with van der Waals surface area (Å²) in [5, 5.41) is 3.25. The summed E-state index contributed by atoms with van der Waals surface area (Å²) in [5.74, 6) is 0.795. The van der Waals surface area contributed by atoms with Crippen LogP contribution in [0.15, 0.2) is 0 Å². The third-order valence-corrected chi connectivity index (χ3v) is 2.82. The van der Waals surface area contributed by atoms with Crippen molar-refractivity contribution in [3.05, 3.63) is 0 Å². The van der Waals surface area contributed by atoms with E-state index < -0.39 is 0 Å². The molecule has 2 nitrogen and oxygen atoms in total. The molecule has 78 valence electrons. The average Bonchev–Trinajstić information content (AvgIpc) is 2.33. The molecule has 1 heterocycles. The van der Waals surface area contributed by atoms with Gasteiger partial charge < -0.3 is 10.2 Å². The molecule has 1 saturated heterocycles. The van der Waals surface area contributed by atoms with E-state index >= 15 is 0 Å². The molecule has 1 atom stereocenters. The monoisotopic (exact) mass is 184 g/mol. The fraction of sp³-hybridized carbons (Fsp3) is 1.00. The predicted octanol–water partition coefficient (Wildman–Crippen LogP) is 1.72. The zero-order valence-corrected chi connectivity index (χ0v) is 9.18. The molecule has 1 rings (SSSR count). The van der Waals surface area contributed by atoms with E-state index in [0.29, 0.717) is 0 Å². The molecule has 13 heavy (non-hydrogen) atoms. The van der Waals surface area contributed by atoms with Gasteiger partial charge in [-0.05, 0) is 45.4 Å². The van der Waals surface area contributed by atoms with E-state index in [4.69, 9.17) is 0 Å². The molecular weight excluding hydrogens is 160 g/mol. The van der Waals surface area contributed by atoms with E-state index in [1.165, 1.54) is 45.3 Å². The molecule has 0 saturated carbocycles. The third kappa shape index (κ3) is 4.63. The van der Waals surface area contributed by atoms with Gasteiger partial charge in [0, 0.05) is 6.54 Å². The van der Waals surface area contributed by atoms with Crippen LogP contribution in [0.1, 0.15) is 32.6 Å². The van der Waals surface area contributed by atoms with Gasteiger partial charge in [0.05, 0.1) is 0 Å². The highest BCUT2D eigenvalue weighted by atomic mass is 15.1. The Hall–Kier alpha value is -0.0800. The van der Waals surface area contributed by atoms with Crippen LogP contribution in [-0.2, 0) is 0 Å². The quantitative estimate of drug-likeness (QED) is 0.715. The second-order valence-corrected chi connectivity index (χ2v) is 4.38. The van der Waals surface area contributed by atoms with E-state index in [2.05, 4.69) is 17.1 Å². The number of likely N-dealkylation sites (tertiary alicyclic amines) is 1. The maximum Gasteiger partial charge on any atom is 0.00191 e. The predicted molar refractivity (Wildman–Crippen MR) is 58.0 cm³/mol. The fourth-order valence-corrected chi connectivity index (χ4v) is 2.17. The first kappa shape index (κ1) is 11.0. The van der Waals surface area contributed by atoms with Crippen LogP contribution in [0.3, 0.4) is 0 Å². The molecule has 0 amide bonds. The molecule has 1 fully saturated rings. The summed E-state index contributed by atoms with van der Waals surface area (Å²) in [7, 11) is 2.04. The van der Waals surface area contributed by atoms with E-state index in [1.54, 1.807) is 0 Å². The highest BCUT2D eigenvalue weighted by Gasteiger charge is 2.11. The largest absolute Gasteiger partial charge is 0.319 e. The van der Waals surface area contributed by atoms with Gasteiger partial charge in [-0.2, -0.15) is 0 Å². The second-order valence-electron chi connectivity index (χ2n) is 4.38. The van der Waals surface area contributed by atoms with E-state index in [-0.39, 0.29) is 0 Å². The lowest BCUT2D eigenvalue weighted by molar-refractivity contribution is 0.244. The molecule has 0 aromatic carbocycles. The lowest BCUT2D eigenvalue weighted by Gasteiger charge is -2.23. The minimum Gasteiger partial charge on any atom is -0.319 e. The minimum absolute atomic E-state index is 0.795. The highest BCUT2D eigenvalue weighted by molar-refractivity contribution is 4.67. The summed E-state index contributed by atoms with van der Waals surface area (Å²) < 4.78 is 0. The Morgan fingerprint density at radius 3 is 2.31 bits per heavy atom. The summed E-state index contributed by atoms with van der Waals surface area (Å²) in [5.41, 5.74) is 0. The lowest BCUT2D eigenvalue weighted by Crippen LogP contribution is -2.33. The van der Waals surface area contributed by atoms with Crippen LogP contribution in [0.2, 0.25) is 0 Å². The molecule has 0 radical (unpaired) electrons. The number of nitrogens with one attached hydrogen (secondary N) is 1. The summed E-state index contributed by atoms with van der Waals surface area (Å²) in [6.45, 7) is 7.42. The average molecular weight is 184 g/mol. The van der Waals surface area contributed by atoms with E-state index in [1.807, 2.05) is 7.05 Å². The first-order chi connectivity index (χ1) is 6.33. The van der Waals surface area contributed by atoms with Gasteiger partial charge >= 0.3 is 0 Å². The molecule has 2 heteroatoms. The number of rotatable bonds is 4. The van der Waals surface area contributed by atoms with Gasteiger partial charge in [0.15, 0.2) is 0 Å². The number of hydrogen-bond donors (Lipinski definition) is 1. The zero-order valence-electron chi connectivity index (χ0n) is 9.18. The maximum absolute atomic E-state index is 3.25. The molecule has 1 aliphatic heterocycles. The van der Waals surface area contributed by atoms with Crippen molar-refractivity contribution < 1.29 is 0 Å². The van der Waals surface area contributed by atoms with Crippen LogP contribution in [0.25, 0.3) is 0 Å². The summed E-state index contributed by atoms with van der Waals surface area (Å²) in [6.07, 6.45) is 5.70. The Morgan fingerprint density at radius 2 is 1.77 bits per heavy atom. The minimum atomic E-state index is 0.795. The van der Waals surface area contributed by atoms with Crippen LogP contribution in [0, 0.1) is 5.92 Å². The van der Waals surface area contributed by atoms with Crippen molar-refractivity contribution >= 4 is 0 Å². The smallest absolute Gasteiger partial charge is 0.00191 e. The maximum atomic E-state index is 3.25. The summed E-state index contributed by atoms with van der Waals surface area (Å²) in [4.78, 5) is 2.63. The third-order valence-electron chi connectivity index (χ3n) is 2.82. The summed E-state index contributed by atoms with van der Waals surface area (Å²) >= 11 is 0. The molecular formula is C11H24N2. The Balaban J connectivity index is 2.17. The van der Waals surface area contributed by atoms with Crippen molar-refractivity contribution in [1.82, 2.24) is 10.2 Å². The van der Waals surface area contributed by atoms with Crippen LogP contribution < -0.4 is 5.32 Å². The van der Waals surface area contributed by atoms with E-state index in [9.17, 15) is 0 Å². The molecule has 0 aromatic heterocycles. The van der Waals surface area contributed by atoms with Crippen molar-refractivity contribution in [2.45, 2.75) is 32.6 Å². The fourth-order valence-electron chi connectivity index (χ4n) is 2.17. The molecule has 0 aliphatic carbocycles. The van der Waals surface area contributed by atoms with Gasteiger partial charge in [0.2, 0.25) is 0 Å². The first-order valence-corrected chi connectivity index (χ1v) is 5.70. The Kier molecular flexibility index (Phi) is 5.40. The van der Waals surface area contributed by atoms with Crippen LogP contribution in [0.5, 0.6) is 0 Å². The molecule has 1 unspecified atom stereocenters. The molecule has 1 aliphatic rings. The molecule has 0 spiro atoms. The second kappa shape index (κ2) is 6.39. The van der Waals surface area contributed by atoms with Crippen molar-refractivity contribution in [1.29, 1.82) is 0 Å². The van der Waals surface area contributed by atoms with Crippen molar-refractivity contribution in [3.8, 4) is 0 Å². The van der Waals surface area contributed by atoms with Gasteiger partial charge in [-0.1, -0.05) is 19.8 Å². The topological polar surface area (TPSA) is 15.3 Å². The lowest BCUT2D eigenvalue weighted by atomic mass is 10.1.